The van der Waals surface area contributed by atoms with Crippen molar-refractivity contribution in [2.75, 3.05) is 0 Å². The minimum absolute atomic E-state index is 0.423. The van der Waals surface area contributed by atoms with E-state index in [0.717, 1.165) is 15.6 Å². The highest BCUT2D eigenvalue weighted by Crippen LogP contribution is 2.30. The van der Waals surface area contributed by atoms with Crippen LogP contribution < -0.4 is 0 Å². The smallest absolute Gasteiger partial charge is 0.245 e. The molecule has 8 heteroatoms. The highest BCUT2D eigenvalue weighted by Gasteiger charge is 2.13. The van der Waals surface area contributed by atoms with Gasteiger partial charge in [-0.3, -0.25) is 0 Å². The molecular weight excluding hydrogens is 272 g/mol. The van der Waals surface area contributed by atoms with Crippen LogP contribution in [0.1, 0.15) is 5.56 Å². The molecule has 3 rings (SSSR count). The van der Waals surface area contributed by atoms with Crippen molar-refractivity contribution < 1.29 is 0 Å². The second kappa shape index (κ2) is 4.51. The molecule has 0 bridgehead atoms. The summed E-state index contributed by atoms with van der Waals surface area (Å²) in [4.78, 5) is 16.2. The van der Waals surface area contributed by atoms with Crippen LogP contribution in [0.25, 0.3) is 5.78 Å². The van der Waals surface area contributed by atoms with Gasteiger partial charge in [0, 0.05) is 11.8 Å². The Balaban J connectivity index is 2.16. The van der Waals surface area contributed by atoms with Crippen LogP contribution in [-0.2, 0) is 0 Å². The van der Waals surface area contributed by atoms with E-state index in [0.29, 0.717) is 10.9 Å². The van der Waals surface area contributed by atoms with Crippen molar-refractivity contribution in [2.45, 2.75) is 17.0 Å². The topological polar surface area (TPSA) is 68.9 Å². The van der Waals surface area contributed by atoms with Crippen LogP contribution in [0.2, 0.25) is 5.15 Å². The Kier molecular flexibility index (Phi) is 2.85. The maximum atomic E-state index is 6.08. The van der Waals surface area contributed by atoms with E-state index in [1.165, 1.54) is 24.4 Å². The highest BCUT2D eigenvalue weighted by molar-refractivity contribution is 7.99. The maximum Gasteiger partial charge on any atom is 0.254 e. The quantitative estimate of drug-likeness (QED) is 0.668. The van der Waals surface area contributed by atoms with Gasteiger partial charge in [-0.1, -0.05) is 11.6 Å². The summed E-state index contributed by atoms with van der Waals surface area (Å²) in [6, 6.07) is 1.82. The molecule has 3 heterocycles. The summed E-state index contributed by atoms with van der Waals surface area (Å²) in [5, 5.41) is 6.22. The van der Waals surface area contributed by atoms with Crippen LogP contribution in [0.4, 0.5) is 0 Å². The fourth-order valence-corrected chi connectivity index (χ4v) is 2.54. The lowest BCUT2D eigenvalue weighted by Crippen LogP contribution is -2.00. The number of halogens is 1. The number of aromatic nitrogens is 6. The molecule has 3 aromatic rings. The van der Waals surface area contributed by atoms with E-state index in [1.54, 1.807) is 10.7 Å². The molecule has 0 saturated heterocycles. The van der Waals surface area contributed by atoms with E-state index in [1.807, 2.05) is 13.0 Å². The molecule has 90 valence electrons. The third-order valence-corrected chi connectivity index (χ3v) is 3.80. The summed E-state index contributed by atoms with van der Waals surface area (Å²) in [5.41, 5.74) is 0.846. The summed E-state index contributed by atoms with van der Waals surface area (Å²) >= 11 is 7.53. The molecule has 0 radical (unpaired) electrons. The van der Waals surface area contributed by atoms with Crippen LogP contribution in [0.5, 0.6) is 0 Å². The van der Waals surface area contributed by atoms with Gasteiger partial charge in [-0.2, -0.15) is 19.6 Å². The van der Waals surface area contributed by atoms with Gasteiger partial charge >= 0.3 is 0 Å². The van der Waals surface area contributed by atoms with E-state index in [-0.39, 0.29) is 0 Å². The molecule has 0 aliphatic rings. The monoisotopic (exact) mass is 278 g/mol. The van der Waals surface area contributed by atoms with Gasteiger partial charge in [-0.15, -0.1) is 0 Å². The SMILES string of the molecule is Cc1c(Cl)nc2ncnn2c1Sc1ccncn1. The number of nitrogens with zero attached hydrogens (tertiary/aromatic N) is 6. The number of rotatable bonds is 2. The first-order valence-electron chi connectivity index (χ1n) is 5.05. The van der Waals surface area contributed by atoms with Crippen LogP contribution in [0.3, 0.4) is 0 Å². The summed E-state index contributed by atoms with van der Waals surface area (Å²) in [7, 11) is 0. The van der Waals surface area contributed by atoms with Crippen molar-refractivity contribution in [1.29, 1.82) is 0 Å². The van der Waals surface area contributed by atoms with E-state index in [2.05, 4.69) is 25.0 Å². The largest absolute Gasteiger partial charge is 0.254 e. The Morgan fingerprint density at radius 2 is 2.17 bits per heavy atom. The van der Waals surface area contributed by atoms with Gasteiger partial charge in [0.15, 0.2) is 0 Å². The normalized spacial score (nSPS) is 11.0. The molecule has 0 aromatic carbocycles. The van der Waals surface area contributed by atoms with Gasteiger partial charge in [-0.05, 0) is 24.8 Å². The predicted molar refractivity (Wildman–Crippen MR) is 66.7 cm³/mol. The Morgan fingerprint density at radius 3 is 2.94 bits per heavy atom. The van der Waals surface area contributed by atoms with E-state index >= 15 is 0 Å². The first-order chi connectivity index (χ1) is 8.75. The zero-order valence-electron chi connectivity index (χ0n) is 9.28. The zero-order chi connectivity index (χ0) is 12.5. The Bertz CT molecular complexity index is 698. The summed E-state index contributed by atoms with van der Waals surface area (Å²) in [6.45, 7) is 1.89. The van der Waals surface area contributed by atoms with E-state index < -0.39 is 0 Å². The molecule has 0 saturated carbocycles. The van der Waals surface area contributed by atoms with Gasteiger partial charge in [0.05, 0.1) is 0 Å². The van der Waals surface area contributed by atoms with Crippen molar-refractivity contribution in [2.24, 2.45) is 0 Å². The van der Waals surface area contributed by atoms with Gasteiger partial charge in [-0.25, -0.2) is 9.97 Å². The van der Waals surface area contributed by atoms with Crippen molar-refractivity contribution in [3.8, 4) is 0 Å². The van der Waals surface area contributed by atoms with Crippen molar-refractivity contribution in [3.63, 3.8) is 0 Å². The van der Waals surface area contributed by atoms with Gasteiger partial charge in [0.25, 0.3) is 5.78 Å². The molecule has 3 aromatic heterocycles. The molecule has 0 spiro atoms. The third kappa shape index (κ3) is 1.91. The number of hydrogen-bond acceptors (Lipinski definition) is 6. The van der Waals surface area contributed by atoms with Gasteiger partial charge < -0.3 is 0 Å². The lowest BCUT2D eigenvalue weighted by Gasteiger charge is -2.07. The van der Waals surface area contributed by atoms with Crippen LogP contribution in [0.15, 0.2) is 35.0 Å². The van der Waals surface area contributed by atoms with Crippen LogP contribution >= 0.6 is 23.4 Å². The third-order valence-electron chi connectivity index (χ3n) is 2.31. The standard InChI is InChI=1S/C10H7ClN6S/c1-6-8(11)16-10-14-5-15-17(10)9(6)18-7-2-3-12-4-13-7/h2-5H,1H3. The van der Waals surface area contributed by atoms with E-state index in [4.69, 9.17) is 11.6 Å². The summed E-state index contributed by atoms with van der Waals surface area (Å²) in [5.74, 6) is 0.474. The second-order valence-electron chi connectivity index (χ2n) is 3.45. The molecule has 0 unspecified atom stereocenters. The number of fused-ring (bicyclic) bond motifs is 1. The summed E-state index contributed by atoms with van der Waals surface area (Å²) in [6.07, 6.45) is 4.63. The molecule has 0 fully saturated rings. The molecule has 18 heavy (non-hydrogen) atoms. The Morgan fingerprint density at radius 1 is 1.28 bits per heavy atom. The van der Waals surface area contributed by atoms with Gasteiger partial charge in [0.2, 0.25) is 0 Å². The van der Waals surface area contributed by atoms with Crippen molar-refractivity contribution in [3.05, 3.63) is 35.6 Å². The lowest BCUT2D eigenvalue weighted by molar-refractivity contribution is 0.823. The van der Waals surface area contributed by atoms with E-state index in [9.17, 15) is 0 Å². The van der Waals surface area contributed by atoms with Gasteiger partial charge in [0.1, 0.15) is 27.9 Å². The van der Waals surface area contributed by atoms with Crippen LogP contribution in [-0.4, -0.2) is 29.5 Å². The predicted octanol–water partition coefficient (Wildman–Crippen LogP) is 2.03. The van der Waals surface area contributed by atoms with Crippen molar-refractivity contribution >= 4 is 29.1 Å². The number of hydrogen-bond donors (Lipinski definition) is 0. The first-order valence-corrected chi connectivity index (χ1v) is 6.25. The summed E-state index contributed by atoms with van der Waals surface area (Å²) < 4.78 is 1.65. The molecule has 0 aliphatic carbocycles. The highest BCUT2D eigenvalue weighted by atomic mass is 35.5. The Labute approximate surface area is 111 Å². The fourth-order valence-electron chi connectivity index (χ4n) is 1.43. The van der Waals surface area contributed by atoms with Crippen LogP contribution in [0, 0.1) is 6.92 Å². The molecular formula is C10H7ClN6S. The van der Waals surface area contributed by atoms with Crippen molar-refractivity contribution in [1.82, 2.24) is 29.5 Å². The molecule has 0 amide bonds. The Hall–Kier alpha value is -1.73. The maximum absolute atomic E-state index is 6.08. The average Bonchev–Trinajstić information content (AvgIpc) is 2.84. The fraction of sp³-hybridized carbons (Fsp3) is 0.100. The first kappa shape index (κ1) is 11.4. The molecule has 6 nitrogen and oxygen atoms in total. The second-order valence-corrected chi connectivity index (χ2v) is 4.82. The minimum Gasteiger partial charge on any atom is -0.245 e. The lowest BCUT2D eigenvalue weighted by atomic mass is 10.4. The minimum atomic E-state index is 0.423. The molecule has 0 atom stereocenters. The average molecular weight is 279 g/mol. The zero-order valence-corrected chi connectivity index (χ0v) is 10.9. The molecule has 0 aliphatic heterocycles. The molecule has 0 N–H and O–H groups in total.